The van der Waals surface area contributed by atoms with Crippen molar-refractivity contribution >= 4 is 33.7 Å². The van der Waals surface area contributed by atoms with Gasteiger partial charge in [0.25, 0.3) is 0 Å². The number of rotatable bonds is 16. The van der Waals surface area contributed by atoms with Crippen molar-refractivity contribution in [3.63, 3.8) is 0 Å². The molecule has 0 bridgehead atoms. The largest absolute Gasteiger partial charge is 0.496 e. The summed E-state index contributed by atoms with van der Waals surface area (Å²) in [6, 6.07) is 5.55. The number of carbonyl (C=O) groups excluding carboxylic acids is 3. The van der Waals surface area contributed by atoms with Crippen LogP contribution in [-0.4, -0.2) is 91.1 Å². The van der Waals surface area contributed by atoms with E-state index < -0.39 is 52.1 Å². The molecule has 0 aliphatic carbocycles. The number of ether oxygens (including phenoxy) is 1. The van der Waals surface area contributed by atoms with Gasteiger partial charge in [-0.3, -0.25) is 28.7 Å². The number of methoxy groups -OCH3 is 1. The molecule has 1 fully saturated rings. The molecule has 0 spiro atoms. The van der Waals surface area contributed by atoms with Crippen molar-refractivity contribution < 1.29 is 42.0 Å². The fraction of sp³-hybridized carbons (Fsp3) is 0.471. The van der Waals surface area contributed by atoms with Crippen molar-refractivity contribution in [2.24, 2.45) is 0 Å². The number of aryl methyl sites for hydroxylation is 1. The number of carbonyl (C=O) groups is 4. The summed E-state index contributed by atoms with van der Waals surface area (Å²) >= 11 is 0. The highest BCUT2D eigenvalue weighted by Gasteiger charge is 2.34. The summed E-state index contributed by atoms with van der Waals surface area (Å²) in [6.07, 6.45) is 1.90. The van der Waals surface area contributed by atoms with Gasteiger partial charge in [-0.1, -0.05) is 29.4 Å². The number of amides is 3. The minimum atomic E-state index is -4.42. The zero-order chi connectivity index (χ0) is 37.3. The van der Waals surface area contributed by atoms with Crippen molar-refractivity contribution in [1.29, 1.82) is 0 Å². The highest BCUT2D eigenvalue weighted by Crippen LogP contribution is 2.30. The number of hydrogen-bond acceptors (Lipinski definition) is 10. The summed E-state index contributed by atoms with van der Waals surface area (Å²) in [7, 11) is -2.95. The summed E-state index contributed by atoms with van der Waals surface area (Å²) in [4.78, 5) is 67.3. The second-order valence-electron chi connectivity index (χ2n) is 12.5. The van der Waals surface area contributed by atoms with Crippen LogP contribution in [-0.2, 0) is 35.6 Å². The number of aromatic nitrogens is 2. The number of piperidine rings is 1. The topological polar surface area (TPSA) is 230 Å². The van der Waals surface area contributed by atoms with E-state index in [1.165, 1.54) is 7.11 Å². The molecule has 5 N–H and O–H groups in total. The van der Waals surface area contributed by atoms with E-state index in [0.717, 1.165) is 19.3 Å². The number of sulfonamides is 1. The maximum atomic E-state index is 14.0. The van der Waals surface area contributed by atoms with Crippen LogP contribution in [0.2, 0.25) is 0 Å². The number of nitrogens with one attached hydrogen (secondary N) is 4. The van der Waals surface area contributed by atoms with Gasteiger partial charge in [0.1, 0.15) is 17.8 Å². The van der Waals surface area contributed by atoms with E-state index in [0.29, 0.717) is 46.7 Å². The van der Waals surface area contributed by atoms with Gasteiger partial charge in [-0.2, -0.15) is 4.72 Å². The summed E-state index contributed by atoms with van der Waals surface area (Å²) in [6.45, 7) is 5.89. The highest BCUT2D eigenvalue weighted by atomic mass is 32.2. The number of carboxylic acid groups (broad SMARTS) is 1. The van der Waals surface area contributed by atoms with Gasteiger partial charge >= 0.3 is 11.7 Å². The molecule has 1 aliphatic heterocycles. The molecule has 0 radical (unpaired) electrons. The Balaban J connectivity index is 1.63. The average molecular weight is 729 g/mol. The first kappa shape index (κ1) is 38.8. The molecular weight excluding hydrogens is 684 g/mol. The third kappa shape index (κ3) is 10.3. The van der Waals surface area contributed by atoms with Crippen molar-refractivity contribution in [3.8, 4) is 17.1 Å². The maximum Gasteiger partial charge on any atom is 0.439 e. The van der Waals surface area contributed by atoms with E-state index in [2.05, 4.69) is 30.0 Å². The van der Waals surface area contributed by atoms with Crippen LogP contribution in [0.1, 0.15) is 60.8 Å². The van der Waals surface area contributed by atoms with E-state index in [9.17, 15) is 32.4 Å². The number of hydrogen-bond donors (Lipinski definition) is 5. The van der Waals surface area contributed by atoms with E-state index in [-0.39, 0.29) is 42.4 Å². The predicted octanol–water partition coefficient (Wildman–Crippen LogP) is 1.72. The second kappa shape index (κ2) is 17.3. The Morgan fingerprint density at radius 2 is 1.73 bits per heavy atom. The summed E-state index contributed by atoms with van der Waals surface area (Å²) in [5, 5.41) is 17.9. The molecular formula is C34H44N6O10S. The Labute approximate surface area is 295 Å². The van der Waals surface area contributed by atoms with Gasteiger partial charge in [0, 0.05) is 38.0 Å². The Bertz CT molecular complexity index is 1900. The first-order chi connectivity index (χ1) is 24.2. The maximum absolute atomic E-state index is 14.0. The van der Waals surface area contributed by atoms with E-state index in [4.69, 9.17) is 9.84 Å². The number of H-pyrrole nitrogens is 1. The number of likely N-dealkylation sites (tertiary alicyclic amines) is 1. The van der Waals surface area contributed by atoms with Gasteiger partial charge in [-0.25, -0.2) is 13.2 Å². The van der Waals surface area contributed by atoms with Crippen LogP contribution in [0.3, 0.4) is 0 Å². The van der Waals surface area contributed by atoms with Crippen LogP contribution < -0.4 is 25.8 Å². The fourth-order valence-corrected chi connectivity index (χ4v) is 7.72. The summed E-state index contributed by atoms with van der Waals surface area (Å²) < 4.78 is 40.2. The molecule has 276 valence electrons. The predicted molar refractivity (Wildman–Crippen MR) is 184 cm³/mol. The van der Waals surface area contributed by atoms with Gasteiger partial charge in [0.2, 0.25) is 27.7 Å². The van der Waals surface area contributed by atoms with Crippen molar-refractivity contribution in [2.45, 2.75) is 82.7 Å². The van der Waals surface area contributed by atoms with Gasteiger partial charge < -0.3 is 25.4 Å². The summed E-state index contributed by atoms with van der Waals surface area (Å²) in [5.41, 5.74) is 2.53. The number of aromatic amines is 1. The Morgan fingerprint density at radius 3 is 2.33 bits per heavy atom. The van der Waals surface area contributed by atoms with Gasteiger partial charge in [-0.05, 0) is 74.8 Å². The molecule has 16 nitrogen and oxygen atoms in total. The Hall–Kier alpha value is -5.03. The minimum absolute atomic E-state index is 0.00356. The zero-order valence-electron chi connectivity index (χ0n) is 29.0. The Kier molecular flexibility index (Phi) is 13.1. The number of benzene rings is 2. The molecule has 3 amide bonds. The molecule has 1 saturated heterocycles. The molecule has 1 aliphatic rings. The highest BCUT2D eigenvalue weighted by molar-refractivity contribution is 7.89. The molecule has 51 heavy (non-hydrogen) atoms. The number of aliphatic carboxylic acids is 1. The number of nitrogens with zero attached hydrogens (tertiary/aromatic N) is 2. The van der Waals surface area contributed by atoms with E-state index >= 15 is 0 Å². The third-order valence-electron chi connectivity index (χ3n) is 8.75. The molecule has 3 aromatic rings. The Morgan fingerprint density at radius 1 is 1.04 bits per heavy atom. The SMILES string of the molecule is COc1cc(C)c(S(=O)(=O)NC(CC(=O)NCCCC(=O)O)C(=O)NC(Cc2ccc(-c3noc(=O)[nH]3)cc2)C(=O)N2CCCCC2)c(C)c1C. The molecule has 2 unspecified atom stereocenters. The molecule has 1 aromatic heterocycles. The van der Waals surface area contributed by atoms with Gasteiger partial charge in [0.05, 0.1) is 18.4 Å². The van der Waals surface area contributed by atoms with Crippen LogP contribution in [0.5, 0.6) is 5.75 Å². The van der Waals surface area contributed by atoms with Crippen molar-refractivity contribution in [1.82, 2.24) is 30.4 Å². The van der Waals surface area contributed by atoms with Crippen molar-refractivity contribution in [3.05, 3.63) is 63.1 Å². The molecule has 2 atom stereocenters. The molecule has 17 heteroatoms. The second-order valence-corrected chi connectivity index (χ2v) is 14.1. The minimum Gasteiger partial charge on any atom is -0.496 e. The summed E-state index contributed by atoms with van der Waals surface area (Å²) in [5.74, 6) is -2.99. The van der Waals surface area contributed by atoms with Crippen LogP contribution in [0, 0.1) is 20.8 Å². The zero-order valence-corrected chi connectivity index (χ0v) is 29.9. The third-order valence-corrected chi connectivity index (χ3v) is 10.5. The van der Waals surface area contributed by atoms with Crippen LogP contribution in [0.25, 0.3) is 11.4 Å². The van der Waals surface area contributed by atoms with Gasteiger partial charge in [-0.15, -0.1) is 0 Å². The molecule has 2 aromatic carbocycles. The normalized spacial score (nSPS) is 14.4. The molecule has 4 rings (SSSR count). The number of carboxylic acids is 1. The molecule has 0 saturated carbocycles. The van der Waals surface area contributed by atoms with Crippen molar-refractivity contribution in [2.75, 3.05) is 26.7 Å². The van der Waals surface area contributed by atoms with Crippen LogP contribution >= 0.6 is 0 Å². The first-order valence-corrected chi connectivity index (χ1v) is 18.1. The van der Waals surface area contributed by atoms with Gasteiger partial charge in [0.15, 0.2) is 5.82 Å². The standard InChI is InChI=1S/C34H44N6O10S/c1-20-17-27(49-4)21(2)22(3)30(20)51(47,48)39-25(19-28(41)35-14-8-9-29(42)43)32(44)36-26(33(45)40-15-6-5-7-16-40)18-23-10-12-24(13-11-23)31-37-34(46)50-38-31/h10-13,17,25-26,39H,5-9,14-16,18-19H2,1-4H3,(H,35,41)(H,36,44)(H,42,43)(H,37,38,46). The lowest BCUT2D eigenvalue weighted by Crippen LogP contribution is -2.56. The monoisotopic (exact) mass is 728 g/mol. The lowest BCUT2D eigenvalue weighted by molar-refractivity contribution is -0.138. The lowest BCUT2D eigenvalue weighted by atomic mass is 10.0. The van der Waals surface area contributed by atoms with Crippen LogP contribution in [0.4, 0.5) is 0 Å². The lowest BCUT2D eigenvalue weighted by Gasteiger charge is -2.31. The average Bonchev–Trinajstić information content (AvgIpc) is 3.53. The van der Waals surface area contributed by atoms with E-state index in [1.807, 2.05) is 0 Å². The smallest absolute Gasteiger partial charge is 0.439 e. The van der Waals surface area contributed by atoms with E-state index in [1.54, 1.807) is 56.0 Å². The fourth-order valence-electron chi connectivity index (χ4n) is 6.00. The van der Waals surface area contributed by atoms with Crippen LogP contribution in [0.15, 0.2) is 44.5 Å². The molecule has 2 heterocycles. The quantitative estimate of drug-likeness (QED) is 0.133. The first-order valence-electron chi connectivity index (χ1n) is 16.6.